The van der Waals surface area contributed by atoms with Gasteiger partial charge in [-0.3, -0.25) is 4.79 Å². The molecule has 0 N–H and O–H groups in total. The fourth-order valence-corrected chi connectivity index (χ4v) is 3.43. The van der Waals surface area contributed by atoms with Crippen LogP contribution in [0.1, 0.15) is 46.4 Å². The van der Waals surface area contributed by atoms with Crippen LogP contribution in [0.3, 0.4) is 0 Å². The molecule has 28 heavy (non-hydrogen) atoms. The molecule has 0 atom stereocenters. The normalized spacial score (nSPS) is 14.9. The van der Waals surface area contributed by atoms with Crippen LogP contribution in [0, 0.1) is 0 Å². The molecule has 3 aromatic rings. The third-order valence-corrected chi connectivity index (χ3v) is 4.99. The van der Waals surface area contributed by atoms with Gasteiger partial charge in [-0.25, -0.2) is 0 Å². The van der Waals surface area contributed by atoms with Crippen LogP contribution >= 0.6 is 0 Å². The zero-order chi connectivity index (χ0) is 19.2. The summed E-state index contributed by atoms with van der Waals surface area (Å²) in [5, 5.41) is 4.12. The fourth-order valence-electron chi connectivity index (χ4n) is 3.43. The summed E-state index contributed by atoms with van der Waals surface area (Å²) in [6.45, 7) is 2.21. The van der Waals surface area contributed by atoms with Gasteiger partial charge in [-0.05, 0) is 30.5 Å². The second-order valence-electron chi connectivity index (χ2n) is 6.96. The van der Waals surface area contributed by atoms with E-state index < -0.39 is 0 Å². The van der Waals surface area contributed by atoms with Crippen LogP contribution in [0.5, 0.6) is 0 Å². The van der Waals surface area contributed by atoms with Crippen molar-refractivity contribution in [3.05, 3.63) is 83.5 Å². The minimum Gasteiger partial charge on any atom is -0.367 e. The lowest BCUT2D eigenvalue weighted by Gasteiger charge is -2.30. The fraction of sp³-hybridized carbons (Fsp3) is 0.318. The number of hydrogen-bond donors (Lipinski definition) is 0. The monoisotopic (exact) mass is 377 g/mol. The molecular weight excluding hydrogens is 354 g/mol. The van der Waals surface area contributed by atoms with Gasteiger partial charge in [0.15, 0.2) is 5.82 Å². The van der Waals surface area contributed by atoms with Gasteiger partial charge in [0.25, 0.3) is 11.8 Å². The average Bonchev–Trinajstić information content (AvgIpc) is 3.24. The second-order valence-corrected chi connectivity index (χ2v) is 6.96. The number of rotatable bonds is 6. The molecule has 1 saturated heterocycles. The largest absolute Gasteiger partial charge is 0.367 e. The van der Waals surface area contributed by atoms with Gasteiger partial charge < -0.3 is 14.2 Å². The lowest BCUT2D eigenvalue weighted by molar-refractivity contribution is 0.0710. The number of carbonyl (C=O) groups is 1. The standard InChI is InChI=1S/C22H23N3O3/c26-22(19-9-5-2-6-10-19)25-13-11-18(12-14-25)21-23-20(28-24-21)16-27-15-17-7-3-1-4-8-17/h1-10,18H,11-16H2. The Labute approximate surface area is 164 Å². The van der Waals surface area contributed by atoms with E-state index >= 15 is 0 Å². The van der Waals surface area contributed by atoms with Crippen LogP contribution in [0.2, 0.25) is 0 Å². The number of benzene rings is 2. The molecule has 0 spiro atoms. The molecule has 144 valence electrons. The number of amides is 1. The van der Waals surface area contributed by atoms with Gasteiger partial charge in [-0.2, -0.15) is 4.98 Å². The molecular formula is C22H23N3O3. The molecule has 1 aromatic heterocycles. The van der Waals surface area contributed by atoms with Gasteiger partial charge in [0.2, 0.25) is 0 Å². The molecule has 6 nitrogen and oxygen atoms in total. The number of piperidine rings is 1. The van der Waals surface area contributed by atoms with E-state index in [0.29, 0.717) is 38.0 Å². The van der Waals surface area contributed by atoms with Gasteiger partial charge >= 0.3 is 0 Å². The summed E-state index contributed by atoms with van der Waals surface area (Å²) in [7, 11) is 0. The quantitative estimate of drug-likeness (QED) is 0.653. The Morgan fingerprint density at radius 1 is 1.00 bits per heavy atom. The van der Waals surface area contributed by atoms with E-state index in [2.05, 4.69) is 10.1 Å². The number of nitrogens with zero attached hydrogens (tertiary/aromatic N) is 3. The number of carbonyl (C=O) groups excluding carboxylic acids is 1. The molecule has 1 aliphatic rings. The summed E-state index contributed by atoms with van der Waals surface area (Å²) in [5.74, 6) is 1.51. The predicted octanol–water partition coefficient (Wildman–Crippen LogP) is 3.81. The van der Waals surface area contributed by atoms with Gasteiger partial charge in [0, 0.05) is 24.6 Å². The number of aromatic nitrogens is 2. The van der Waals surface area contributed by atoms with E-state index in [0.717, 1.165) is 24.0 Å². The molecule has 4 rings (SSSR count). The van der Waals surface area contributed by atoms with Gasteiger partial charge in [0.1, 0.15) is 6.61 Å². The van der Waals surface area contributed by atoms with E-state index in [-0.39, 0.29) is 11.8 Å². The van der Waals surface area contributed by atoms with Crippen LogP contribution in [-0.4, -0.2) is 34.0 Å². The average molecular weight is 377 g/mol. The molecule has 0 radical (unpaired) electrons. The summed E-state index contributed by atoms with van der Waals surface area (Å²) < 4.78 is 11.0. The maximum absolute atomic E-state index is 12.5. The van der Waals surface area contributed by atoms with Crippen molar-refractivity contribution in [3.63, 3.8) is 0 Å². The first-order valence-corrected chi connectivity index (χ1v) is 9.58. The van der Waals surface area contributed by atoms with Crippen molar-refractivity contribution in [2.75, 3.05) is 13.1 Å². The van der Waals surface area contributed by atoms with Gasteiger partial charge in [-0.15, -0.1) is 0 Å². The predicted molar refractivity (Wildman–Crippen MR) is 104 cm³/mol. The van der Waals surface area contributed by atoms with Crippen molar-refractivity contribution in [1.82, 2.24) is 15.0 Å². The Hall–Kier alpha value is -2.99. The SMILES string of the molecule is O=C(c1ccccc1)N1CCC(c2noc(COCc3ccccc3)n2)CC1. The highest BCUT2D eigenvalue weighted by Gasteiger charge is 2.27. The minimum absolute atomic E-state index is 0.0853. The summed E-state index contributed by atoms with van der Waals surface area (Å²) in [5.41, 5.74) is 1.84. The molecule has 2 heterocycles. The smallest absolute Gasteiger partial charge is 0.253 e. The maximum atomic E-state index is 12.5. The Morgan fingerprint density at radius 2 is 1.68 bits per heavy atom. The van der Waals surface area contributed by atoms with Crippen LogP contribution < -0.4 is 0 Å². The molecule has 0 bridgehead atoms. The summed E-state index contributed by atoms with van der Waals surface area (Å²) >= 11 is 0. The highest BCUT2D eigenvalue weighted by molar-refractivity contribution is 5.94. The third-order valence-electron chi connectivity index (χ3n) is 4.99. The van der Waals surface area contributed by atoms with Crippen LogP contribution in [0.15, 0.2) is 65.2 Å². The number of hydrogen-bond acceptors (Lipinski definition) is 5. The molecule has 1 aliphatic heterocycles. The van der Waals surface area contributed by atoms with E-state index in [1.165, 1.54) is 0 Å². The molecule has 0 unspecified atom stereocenters. The number of ether oxygens (including phenoxy) is 1. The first-order chi connectivity index (χ1) is 13.8. The summed E-state index contributed by atoms with van der Waals surface area (Å²) in [6.07, 6.45) is 1.67. The summed E-state index contributed by atoms with van der Waals surface area (Å²) in [4.78, 5) is 18.9. The van der Waals surface area contributed by atoms with Crippen molar-refractivity contribution in [2.24, 2.45) is 0 Å². The minimum atomic E-state index is 0.0853. The molecule has 1 amide bonds. The van der Waals surface area contributed by atoms with E-state index in [9.17, 15) is 4.79 Å². The van der Waals surface area contributed by atoms with Crippen molar-refractivity contribution in [3.8, 4) is 0 Å². The van der Waals surface area contributed by atoms with E-state index in [1.54, 1.807) is 0 Å². The molecule has 2 aromatic carbocycles. The lowest BCUT2D eigenvalue weighted by atomic mass is 9.95. The third kappa shape index (κ3) is 4.46. The first kappa shape index (κ1) is 18.4. The van der Waals surface area contributed by atoms with Gasteiger partial charge in [0.05, 0.1) is 6.61 Å². The topological polar surface area (TPSA) is 68.5 Å². The summed E-state index contributed by atoms with van der Waals surface area (Å²) in [6, 6.07) is 19.4. The number of likely N-dealkylation sites (tertiary alicyclic amines) is 1. The van der Waals surface area contributed by atoms with Crippen molar-refractivity contribution in [1.29, 1.82) is 0 Å². The molecule has 0 saturated carbocycles. The van der Waals surface area contributed by atoms with Crippen LogP contribution in [0.25, 0.3) is 0 Å². The molecule has 6 heteroatoms. The Morgan fingerprint density at radius 3 is 2.39 bits per heavy atom. The maximum Gasteiger partial charge on any atom is 0.253 e. The van der Waals surface area contributed by atoms with Crippen molar-refractivity contribution in [2.45, 2.75) is 32.0 Å². The highest BCUT2D eigenvalue weighted by Crippen LogP contribution is 2.27. The first-order valence-electron chi connectivity index (χ1n) is 9.58. The van der Waals surface area contributed by atoms with E-state index in [1.807, 2.05) is 65.6 Å². The van der Waals surface area contributed by atoms with Crippen molar-refractivity contribution < 1.29 is 14.1 Å². The Kier molecular flexibility index (Phi) is 5.77. The lowest BCUT2D eigenvalue weighted by Crippen LogP contribution is -2.38. The zero-order valence-electron chi connectivity index (χ0n) is 15.7. The zero-order valence-corrected chi connectivity index (χ0v) is 15.7. The molecule has 0 aliphatic carbocycles. The highest BCUT2D eigenvalue weighted by atomic mass is 16.5. The Bertz CT molecular complexity index is 888. The molecule has 1 fully saturated rings. The second kappa shape index (κ2) is 8.80. The van der Waals surface area contributed by atoms with Gasteiger partial charge in [-0.1, -0.05) is 53.7 Å². The van der Waals surface area contributed by atoms with Crippen molar-refractivity contribution >= 4 is 5.91 Å². The van der Waals surface area contributed by atoms with E-state index in [4.69, 9.17) is 9.26 Å². The Balaban J connectivity index is 1.26. The van der Waals surface area contributed by atoms with Crippen LogP contribution in [-0.2, 0) is 18.0 Å². The van der Waals surface area contributed by atoms with Crippen LogP contribution in [0.4, 0.5) is 0 Å².